The number of rotatable bonds is 3. The van der Waals surface area contributed by atoms with Gasteiger partial charge in [0, 0.05) is 18.2 Å². The highest BCUT2D eigenvalue weighted by atomic mass is 35.5. The van der Waals surface area contributed by atoms with Crippen LogP contribution in [0.25, 0.3) is 0 Å². The molecule has 0 bridgehead atoms. The summed E-state index contributed by atoms with van der Waals surface area (Å²) in [6, 6.07) is 8.85. The maximum absolute atomic E-state index is 13.8. The summed E-state index contributed by atoms with van der Waals surface area (Å²) in [6.45, 7) is 0.0738. The van der Waals surface area contributed by atoms with Crippen LogP contribution in [-0.4, -0.2) is 16.7 Å². The Morgan fingerprint density at radius 2 is 2.10 bits per heavy atom. The normalized spacial score (nSPS) is 17.2. The molecule has 1 aliphatic carbocycles. The van der Waals surface area contributed by atoms with E-state index in [1.807, 2.05) is 12.1 Å². The fourth-order valence-electron chi connectivity index (χ4n) is 2.96. The second kappa shape index (κ2) is 5.51. The molecule has 0 fully saturated rings. The number of aromatic nitrogens is 1. The van der Waals surface area contributed by atoms with Gasteiger partial charge >= 0.3 is 0 Å². The predicted molar refractivity (Wildman–Crippen MR) is 76.6 cm³/mol. The topological polar surface area (TPSA) is 33.1 Å². The van der Waals surface area contributed by atoms with Gasteiger partial charge in [0.2, 0.25) is 0 Å². The Bertz CT molecular complexity index is 644. The summed E-state index contributed by atoms with van der Waals surface area (Å²) >= 11 is 5.99. The SMILES string of the molecule is OCCc1ccc(Cl)nc1C1Cc2cccc(F)c2C1. The molecule has 0 saturated heterocycles. The molecule has 1 N–H and O–H groups in total. The number of halogens is 2. The molecule has 0 aliphatic heterocycles. The van der Waals surface area contributed by atoms with Gasteiger partial charge in [0.15, 0.2) is 0 Å². The van der Waals surface area contributed by atoms with Crippen LogP contribution in [0.2, 0.25) is 5.15 Å². The van der Waals surface area contributed by atoms with E-state index in [-0.39, 0.29) is 18.3 Å². The Labute approximate surface area is 122 Å². The first-order valence-corrected chi connectivity index (χ1v) is 7.09. The van der Waals surface area contributed by atoms with Crippen LogP contribution in [0, 0.1) is 5.82 Å². The summed E-state index contributed by atoms with van der Waals surface area (Å²) in [5.74, 6) is -0.00196. The van der Waals surface area contributed by atoms with E-state index in [0.29, 0.717) is 18.0 Å². The molecular formula is C16H15ClFNO. The number of hydrogen-bond donors (Lipinski definition) is 1. The Morgan fingerprint density at radius 1 is 1.25 bits per heavy atom. The number of benzene rings is 1. The van der Waals surface area contributed by atoms with Crippen LogP contribution < -0.4 is 0 Å². The van der Waals surface area contributed by atoms with Gasteiger partial charge in [-0.05, 0) is 48.1 Å². The first-order valence-electron chi connectivity index (χ1n) is 6.71. The zero-order chi connectivity index (χ0) is 14.1. The van der Waals surface area contributed by atoms with Gasteiger partial charge in [-0.15, -0.1) is 0 Å². The molecule has 20 heavy (non-hydrogen) atoms. The van der Waals surface area contributed by atoms with E-state index in [0.717, 1.165) is 28.8 Å². The van der Waals surface area contributed by atoms with Crippen LogP contribution in [0.5, 0.6) is 0 Å². The minimum Gasteiger partial charge on any atom is -0.396 e. The number of fused-ring (bicyclic) bond motifs is 1. The first-order chi connectivity index (χ1) is 9.69. The van der Waals surface area contributed by atoms with Gasteiger partial charge in [-0.25, -0.2) is 9.37 Å². The van der Waals surface area contributed by atoms with E-state index >= 15 is 0 Å². The van der Waals surface area contributed by atoms with Crippen molar-refractivity contribution in [3.8, 4) is 0 Å². The van der Waals surface area contributed by atoms with Crippen molar-refractivity contribution in [3.05, 3.63) is 63.7 Å². The van der Waals surface area contributed by atoms with Crippen molar-refractivity contribution in [3.63, 3.8) is 0 Å². The highest BCUT2D eigenvalue weighted by Gasteiger charge is 2.27. The van der Waals surface area contributed by atoms with Gasteiger partial charge in [-0.1, -0.05) is 29.8 Å². The Kier molecular flexibility index (Phi) is 3.72. The van der Waals surface area contributed by atoms with Crippen molar-refractivity contribution in [2.75, 3.05) is 6.61 Å². The van der Waals surface area contributed by atoms with Crippen LogP contribution in [0.1, 0.15) is 28.3 Å². The van der Waals surface area contributed by atoms with Crippen LogP contribution in [0.15, 0.2) is 30.3 Å². The second-order valence-corrected chi connectivity index (χ2v) is 5.52. The van der Waals surface area contributed by atoms with Crippen molar-refractivity contribution in [2.45, 2.75) is 25.2 Å². The number of aliphatic hydroxyl groups excluding tert-OH is 1. The minimum atomic E-state index is -0.143. The summed E-state index contributed by atoms with van der Waals surface area (Å²) in [4.78, 5) is 4.42. The van der Waals surface area contributed by atoms with Crippen LogP contribution in [0.3, 0.4) is 0 Å². The van der Waals surface area contributed by atoms with Crippen LogP contribution >= 0.6 is 11.6 Å². The monoisotopic (exact) mass is 291 g/mol. The first kappa shape index (κ1) is 13.5. The lowest BCUT2D eigenvalue weighted by Crippen LogP contribution is -2.07. The Balaban J connectivity index is 1.96. The fourth-order valence-corrected chi connectivity index (χ4v) is 3.12. The number of aliphatic hydroxyl groups is 1. The largest absolute Gasteiger partial charge is 0.396 e. The van der Waals surface area contributed by atoms with Gasteiger partial charge < -0.3 is 5.11 Å². The van der Waals surface area contributed by atoms with Crippen LogP contribution in [-0.2, 0) is 19.3 Å². The molecule has 1 aliphatic rings. The third-order valence-corrected chi connectivity index (χ3v) is 4.09. The molecule has 4 heteroatoms. The molecule has 104 valence electrons. The third-order valence-electron chi connectivity index (χ3n) is 3.88. The standard InChI is InChI=1S/C16H15ClFNO/c17-15-5-4-10(6-7-20)16(19-15)12-8-11-2-1-3-14(18)13(11)9-12/h1-5,12,20H,6-9H2. The van der Waals surface area contributed by atoms with Gasteiger partial charge in [0.25, 0.3) is 0 Å². The smallest absolute Gasteiger partial charge is 0.129 e. The molecule has 2 aromatic rings. The molecule has 0 spiro atoms. The lowest BCUT2D eigenvalue weighted by molar-refractivity contribution is 0.299. The third kappa shape index (κ3) is 2.43. The van der Waals surface area contributed by atoms with E-state index in [4.69, 9.17) is 16.7 Å². The van der Waals surface area contributed by atoms with Crippen LogP contribution in [0.4, 0.5) is 4.39 Å². The quantitative estimate of drug-likeness (QED) is 0.880. The molecular weight excluding hydrogens is 277 g/mol. The van der Waals surface area contributed by atoms with Gasteiger partial charge in [-0.2, -0.15) is 0 Å². The van der Waals surface area contributed by atoms with Crippen molar-refractivity contribution in [2.24, 2.45) is 0 Å². The minimum absolute atomic E-state index is 0.0738. The molecule has 1 atom stereocenters. The van der Waals surface area contributed by atoms with E-state index < -0.39 is 0 Å². The van der Waals surface area contributed by atoms with E-state index in [1.165, 1.54) is 6.07 Å². The highest BCUT2D eigenvalue weighted by molar-refractivity contribution is 6.29. The predicted octanol–water partition coefficient (Wildman–Crippen LogP) is 3.29. The zero-order valence-electron chi connectivity index (χ0n) is 10.9. The molecule has 2 nitrogen and oxygen atoms in total. The Hall–Kier alpha value is -1.45. The molecule has 1 unspecified atom stereocenters. The maximum Gasteiger partial charge on any atom is 0.129 e. The van der Waals surface area contributed by atoms with Crippen molar-refractivity contribution < 1.29 is 9.50 Å². The zero-order valence-corrected chi connectivity index (χ0v) is 11.7. The Morgan fingerprint density at radius 3 is 2.85 bits per heavy atom. The van der Waals surface area contributed by atoms with Gasteiger partial charge in [0.1, 0.15) is 11.0 Å². The molecule has 0 amide bonds. The van der Waals surface area contributed by atoms with E-state index in [2.05, 4.69) is 4.98 Å². The lowest BCUT2D eigenvalue weighted by Gasteiger charge is -2.14. The van der Waals surface area contributed by atoms with Crippen molar-refractivity contribution in [1.29, 1.82) is 0 Å². The molecule has 3 rings (SSSR count). The number of nitrogens with zero attached hydrogens (tertiary/aromatic N) is 1. The molecule has 1 aromatic heterocycles. The number of pyridine rings is 1. The van der Waals surface area contributed by atoms with E-state index in [1.54, 1.807) is 12.1 Å². The molecule has 1 heterocycles. The molecule has 1 aromatic carbocycles. The average molecular weight is 292 g/mol. The summed E-state index contributed by atoms with van der Waals surface area (Å²) in [5, 5.41) is 9.60. The van der Waals surface area contributed by atoms with E-state index in [9.17, 15) is 4.39 Å². The maximum atomic E-state index is 13.8. The average Bonchev–Trinajstić information content (AvgIpc) is 2.86. The molecule has 0 saturated carbocycles. The van der Waals surface area contributed by atoms with Crippen molar-refractivity contribution >= 4 is 11.6 Å². The van der Waals surface area contributed by atoms with Crippen molar-refractivity contribution in [1.82, 2.24) is 4.98 Å². The fraction of sp³-hybridized carbons (Fsp3) is 0.312. The second-order valence-electron chi connectivity index (χ2n) is 5.13. The highest BCUT2D eigenvalue weighted by Crippen LogP contribution is 2.36. The summed E-state index contributed by atoms with van der Waals surface area (Å²) in [5.41, 5.74) is 3.72. The lowest BCUT2D eigenvalue weighted by atomic mass is 9.96. The van der Waals surface area contributed by atoms with Gasteiger partial charge in [-0.3, -0.25) is 0 Å². The summed E-state index contributed by atoms with van der Waals surface area (Å²) in [7, 11) is 0. The summed E-state index contributed by atoms with van der Waals surface area (Å²) in [6.07, 6.45) is 1.97. The number of hydrogen-bond acceptors (Lipinski definition) is 2. The summed E-state index contributed by atoms with van der Waals surface area (Å²) < 4.78 is 13.8. The molecule has 0 radical (unpaired) electrons. The van der Waals surface area contributed by atoms with Gasteiger partial charge in [0.05, 0.1) is 0 Å².